The Hall–Kier alpha value is -1.31. The summed E-state index contributed by atoms with van der Waals surface area (Å²) in [6.45, 7) is 1.95. The van der Waals surface area contributed by atoms with Gasteiger partial charge in [-0.05, 0) is 23.7 Å². The summed E-state index contributed by atoms with van der Waals surface area (Å²) in [7, 11) is 0. The van der Waals surface area contributed by atoms with Crippen LogP contribution in [-0.2, 0) is 6.42 Å². The second-order valence-corrected chi connectivity index (χ2v) is 6.03. The Morgan fingerprint density at radius 1 is 1.58 bits per heavy atom. The molecule has 0 fully saturated rings. The third-order valence-corrected chi connectivity index (χ3v) is 4.59. The van der Waals surface area contributed by atoms with Gasteiger partial charge in [-0.1, -0.05) is 30.3 Å². The fourth-order valence-corrected chi connectivity index (χ4v) is 3.48. The summed E-state index contributed by atoms with van der Waals surface area (Å²) in [5, 5.41) is 9.49. The summed E-state index contributed by atoms with van der Waals surface area (Å²) in [6, 6.07) is 2.91. The lowest BCUT2D eigenvalue weighted by molar-refractivity contribution is 0.0693. The van der Waals surface area contributed by atoms with Crippen LogP contribution >= 0.6 is 34.9 Å². The van der Waals surface area contributed by atoms with Crippen LogP contribution in [-0.4, -0.2) is 20.4 Å². The first kappa shape index (κ1) is 14.1. The molecule has 0 aliphatic carbocycles. The number of benzene rings is 1. The molecule has 8 heteroatoms. The molecule has 100 valence electrons. The number of aromatic carboxylic acids is 1. The number of rotatable bonds is 4. The Morgan fingerprint density at radius 2 is 2.32 bits per heavy atom. The van der Waals surface area contributed by atoms with Crippen molar-refractivity contribution in [3.8, 4) is 0 Å². The first-order valence-corrected chi connectivity index (χ1v) is 7.30. The van der Waals surface area contributed by atoms with Gasteiger partial charge in [0.05, 0.1) is 10.6 Å². The number of nitrogens with two attached hydrogens (primary N) is 1. The molecule has 0 bridgehead atoms. The van der Waals surface area contributed by atoms with Gasteiger partial charge in [-0.25, -0.2) is 9.78 Å². The number of hydrogen-bond acceptors (Lipinski definition) is 6. The first-order chi connectivity index (χ1) is 9.01. The molecule has 0 saturated heterocycles. The molecule has 2 rings (SSSR count). The van der Waals surface area contributed by atoms with Gasteiger partial charge in [0.25, 0.3) is 0 Å². The maximum Gasteiger partial charge on any atom is 0.336 e. The van der Waals surface area contributed by atoms with E-state index in [9.17, 15) is 9.90 Å². The predicted molar refractivity (Wildman–Crippen MR) is 76.2 cm³/mol. The van der Waals surface area contributed by atoms with Crippen molar-refractivity contribution in [2.45, 2.75) is 22.6 Å². The second kappa shape index (κ2) is 5.77. The third-order valence-electron chi connectivity index (χ3n) is 2.25. The highest BCUT2D eigenvalue weighted by Gasteiger charge is 2.17. The van der Waals surface area contributed by atoms with Crippen LogP contribution in [0.3, 0.4) is 0 Å². The SMILES string of the molecule is CCc1nsc(Sc2c(Cl)cc(N)cc2C(=O)O)n1. The number of aromatic nitrogens is 2. The molecule has 0 amide bonds. The lowest BCUT2D eigenvalue weighted by Crippen LogP contribution is -2.01. The molecular weight excluding hydrogens is 306 g/mol. The molecule has 1 aromatic heterocycles. The smallest absolute Gasteiger partial charge is 0.336 e. The normalized spacial score (nSPS) is 10.6. The van der Waals surface area contributed by atoms with E-state index in [1.165, 1.54) is 35.4 Å². The van der Waals surface area contributed by atoms with Gasteiger partial charge < -0.3 is 10.8 Å². The molecule has 3 N–H and O–H groups in total. The zero-order valence-electron chi connectivity index (χ0n) is 9.88. The summed E-state index contributed by atoms with van der Waals surface area (Å²) < 4.78 is 4.81. The molecule has 1 aromatic carbocycles. The predicted octanol–water partition coefficient (Wildman–Crippen LogP) is 3.19. The van der Waals surface area contributed by atoms with E-state index in [-0.39, 0.29) is 5.56 Å². The molecule has 0 atom stereocenters. The van der Waals surface area contributed by atoms with Gasteiger partial charge in [0.1, 0.15) is 5.82 Å². The van der Waals surface area contributed by atoms with E-state index in [1.807, 2.05) is 6.92 Å². The fraction of sp³-hybridized carbons (Fsp3) is 0.182. The zero-order valence-corrected chi connectivity index (χ0v) is 12.3. The van der Waals surface area contributed by atoms with Crippen molar-refractivity contribution in [3.63, 3.8) is 0 Å². The number of halogens is 1. The van der Waals surface area contributed by atoms with Crippen LogP contribution in [0.15, 0.2) is 21.4 Å². The number of carbonyl (C=O) groups is 1. The maximum absolute atomic E-state index is 11.2. The van der Waals surface area contributed by atoms with Crippen molar-refractivity contribution >= 4 is 46.6 Å². The lowest BCUT2D eigenvalue weighted by atomic mass is 10.2. The number of aryl methyl sites for hydroxylation is 1. The number of hydrogen-bond donors (Lipinski definition) is 2. The number of nitrogens with zero attached hydrogens (tertiary/aromatic N) is 2. The monoisotopic (exact) mass is 315 g/mol. The molecule has 0 aliphatic rings. The van der Waals surface area contributed by atoms with Gasteiger partial charge in [0.2, 0.25) is 0 Å². The van der Waals surface area contributed by atoms with E-state index < -0.39 is 5.97 Å². The molecule has 0 saturated carbocycles. The van der Waals surface area contributed by atoms with Gasteiger partial charge in [-0.15, -0.1) is 0 Å². The summed E-state index contributed by atoms with van der Waals surface area (Å²) in [5.74, 6) is -0.340. The van der Waals surface area contributed by atoms with E-state index >= 15 is 0 Å². The highest BCUT2D eigenvalue weighted by molar-refractivity contribution is 8.01. The van der Waals surface area contributed by atoms with Gasteiger partial charge in [-0.3, -0.25) is 0 Å². The highest BCUT2D eigenvalue weighted by Crippen LogP contribution is 2.38. The van der Waals surface area contributed by atoms with Crippen LogP contribution in [0, 0.1) is 0 Å². The van der Waals surface area contributed by atoms with Gasteiger partial charge in [-0.2, -0.15) is 4.37 Å². The lowest BCUT2D eigenvalue weighted by Gasteiger charge is -2.07. The van der Waals surface area contributed by atoms with Crippen molar-refractivity contribution < 1.29 is 9.90 Å². The van der Waals surface area contributed by atoms with E-state index in [0.717, 1.165) is 12.2 Å². The van der Waals surface area contributed by atoms with Crippen LogP contribution < -0.4 is 5.73 Å². The summed E-state index contributed by atoms with van der Waals surface area (Å²) >= 11 is 8.47. The minimum atomic E-state index is -1.07. The van der Waals surface area contributed by atoms with Crippen molar-refractivity contribution in [1.29, 1.82) is 0 Å². The highest BCUT2D eigenvalue weighted by atomic mass is 35.5. The Morgan fingerprint density at radius 3 is 2.89 bits per heavy atom. The molecule has 0 aliphatic heterocycles. The molecule has 0 radical (unpaired) electrons. The Labute approximate surface area is 123 Å². The minimum Gasteiger partial charge on any atom is -0.478 e. The topological polar surface area (TPSA) is 89.1 Å². The zero-order chi connectivity index (χ0) is 14.0. The molecule has 19 heavy (non-hydrogen) atoms. The van der Waals surface area contributed by atoms with Crippen molar-refractivity contribution in [3.05, 3.63) is 28.5 Å². The summed E-state index contributed by atoms with van der Waals surface area (Å²) in [5.41, 5.74) is 5.99. The average Bonchev–Trinajstić information content (AvgIpc) is 2.79. The summed E-state index contributed by atoms with van der Waals surface area (Å²) in [6.07, 6.45) is 0.734. The number of nitrogen functional groups attached to an aromatic ring is 1. The Bertz CT molecular complexity index is 630. The number of anilines is 1. The van der Waals surface area contributed by atoms with Crippen molar-refractivity contribution in [1.82, 2.24) is 9.36 Å². The van der Waals surface area contributed by atoms with E-state index in [4.69, 9.17) is 17.3 Å². The second-order valence-electron chi connectivity index (χ2n) is 3.62. The van der Waals surface area contributed by atoms with E-state index in [2.05, 4.69) is 9.36 Å². The van der Waals surface area contributed by atoms with E-state index in [1.54, 1.807) is 0 Å². The molecule has 0 spiro atoms. The van der Waals surface area contributed by atoms with Crippen LogP contribution in [0.2, 0.25) is 5.02 Å². The van der Waals surface area contributed by atoms with E-state index in [0.29, 0.717) is 19.9 Å². The average molecular weight is 316 g/mol. The van der Waals surface area contributed by atoms with Crippen LogP contribution in [0.5, 0.6) is 0 Å². The minimum absolute atomic E-state index is 0.0725. The van der Waals surface area contributed by atoms with Crippen LogP contribution in [0.25, 0.3) is 0 Å². The van der Waals surface area contributed by atoms with Gasteiger partial charge in [0.15, 0.2) is 4.34 Å². The van der Waals surface area contributed by atoms with Gasteiger partial charge in [0, 0.05) is 17.0 Å². The van der Waals surface area contributed by atoms with Gasteiger partial charge >= 0.3 is 5.97 Å². The molecule has 2 aromatic rings. The van der Waals surface area contributed by atoms with Crippen molar-refractivity contribution in [2.24, 2.45) is 0 Å². The Balaban J connectivity index is 2.41. The molecule has 5 nitrogen and oxygen atoms in total. The quantitative estimate of drug-likeness (QED) is 0.842. The van der Waals surface area contributed by atoms with Crippen LogP contribution in [0.4, 0.5) is 5.69 Å². The largest absolute Gasteiger partial charge is 0.478 e. The molecular formula is C11H10ClN3O2S2. The maximum atomic E-state index is 11.2. The Kier molecular flexibility index (Phi) is 4.28. The first-order valence-electron chi connectivity index (χ1n) is 5.34. The standard InChI is InChI=1S/C11H10ClN3O2S2/c1-2-8-14-11(19-15-8)18-9-6(10(16)17)3-5(13)4-7(9)12/h3-4H,2,13H2,1H3,(H,16,17). The molecule has 1 heterocycles. The van der Waals surface area contributed by atoms with Crippen molar-refractivity contribution in [2.75, 3.05) is 5.73 Å². The number of carboxylic acid groups (broad SMARTS) is 1. The fourth-order valence-electron chi connectivity index (χ4n) is 1.39. The molecule has 0 unspecified atom stereocenters. The third kappa shape index (κ3) is 3.17. The number of carboxylic acids is 1. The summed E-state index contributed by atoms with van der Waals surface area (Å²) in [4.78, 5) is 15.9. The van der Waals surface area contributed by atoms with Crippen LogP contribution in [0.1, 0.15) is 23.1 Å².